The van der Waals surface area contributed by atoms with Crippen LogP contribution in [0.2, 0.25) is 0 Å². The Morgan fingerprint density at radius 1 is 1.20 bits per heavy atom. The molecule has 0 aliphatic carbocycles. The SMILES string of the molecule is Cc1cc([C@H](CF)N2CCNCC2)cc(C)c1O.Cl.Cl. The monoisotopic (exact) mass is 324 g/mol. The Labute approximate surface area is 132 Å². The molecule has 0 unspecified atom stereocenters. The summed E-state index contributed by atoms with van der Waals surface area (Å²) in [5, 5.41) is 13.1. The summed E-state index contributed by atoms with van der Waals surface area (Å²) >= 11 is 0. The summed E-state index contributed by atoms with van der Waals surface area (Å²) in [4.78, 5) is 2.17. The molecule has 6 heteroatoms. The van der Waals surface area contributed by atoms with Crippen molar-refractivity contribution in [2.45, 2.75) is 19.9 Å². The smallest absolute Gasteiger partial charge is 0.121 e. The lowest BCUT2D eigenvalue weighted by Crippen LogP contribution is -2.45. The summed E-state index contributed by atoms with van der Waals surface area (Å²) in [7, 11) is 0. The number of nitrogens with zero attached hydrogens (tertiary/aromatic N) is 1. The van der Waals surface area contributed by atoms with Crippen LogP contribution in [0.25, 0.3) is 0 Å². The van der Waals surface area contributed by atoms with Gasteiger partial charge in [0.05, 0.1) is 6.04 Å². The van der Waals surface area contributed by atoms with Crippen LogP contribution < -0.4 is 5.32 Å². The van der Waals surface area contributed by atoms with Crippen LogP contribution in [0.5, 0.6) is 5.75 Å². The van der Waals surface area contributed by atoms with Gasteiger partial charge in [0.2, 0.25) is 0 Å². The minimum absolute atomic E-state index is 0. The summed E-state index contributed by atoms with van der Waals surface area (Å²) in [5.41, 5.74) is 2.60. The molecule has 0 bridgehead atoms. The number of aromatic hydroxyl groups is 1. The fraction of sp³-hybridized carbons (Fsp3) is 0.571. The zero-order valence-corrected chi connectivity index (χ0v) is 13.5. The molecule has 1 atom stereocenters. The van der Waals surface area contributed by atoms with Crippen LogP contribution in [-0.4, -0.2) is 42.9 Å². The van der Waals surface area contributed by atoms with E-state index < -0.39 is 0 Å². The van der Waals surface area contributed by atoms with Crippen LogP contribution >= 0.6 is 24.8 Å². The summed E-state index contributed by atoms with van der Waals surface area (Å²) in [6.07, 6.45) is 0. The molecule has 0 radical (unpaired) electrons. The molecule has 1 aromatic rings. The molecule has 1 saturated heterocycles. The van der Waals surface area contributed by atoms with Crippen molar-refractivity contribution in [2.75, 3.05) is 32.9 Å². The summed E-state index contributed by atoms with van der Waals surface area (Å²) in [6, 6.07) is 3.61. The second kappa shape index (κ2) is 8.67. The zero-order chi connectivity index (χ0) is 13.1. The van der Waals surface area contributed by atoms with Crippen LogP contribution in [0.3, 0.4) is 0 Å². The summed E-state index contributed by atoms with van der Waals surface area (Å²) < 4.78 is 13.4. The van der Waals surface area contributed by atoms with Crippen LogP contribution in [0.4, 0.5) is 4.39 Å². The van der Waals surface area contributed by atoms with E-state index in [2.05, 4.69) is 10.2 Å². The van der Waals surface area contributed by atoms with E-state index in [1.165, 1.54) is 0 Å². The lowest BCUT2D eigenvalue weighted by atomic mass is 9.99. The van der Waals surface area contributed by atoms with Crippen molar-refractivity contribution in [3.05, 3.63) is 28.8 Å². The second-order valence-corrected chi connectivity index (χ2v) is 4.96. The summed E-state index contributed by atoms with van der Waals surface area (Å²) in [6.45, 7) is 6.89. The van der Waals surface area contributed by atoms with Gasteiger partial charge in [0, 0.05) is 26.2 Å². The highest BCUT2D eigenvalue weighted by atomic mass is 35.5. The maximum Gasteiger partial charge on any atom is 0.121 e. The first kappa shape index (κ1) is 19.4. The molecule has 1 aromatic carbocycles. The Hall–Kier alpha value is -0.550. The molecule has 1 aliphatic rings. The number of hydrogen-bond acceptors (Lipinski definition) is 3. The first-order valence-electron chi connectivity index (χ1n) is 6.44. The topological polar surface area (TPSA) is 35.5 Å². The maximum absolute atomic E-state index is 13.4. The first-order valence-corrected chi connectivity index (χ1v) is 6.44. The highest BCUT2D eigenvalue weighted by molar-refractivity contribution is 5.85. The maximum atomic E-state index is 13.4. The average Bonchev–Trinajstić information content (AvgIpc) is 2.38. The Morgan fingerprint density at radius 2 is 1.70 bits per heavy atom. The van der Waals surface area contributed by atoms with Crippen molar-refractivity contribution in [3.8, 4) is 5.75 Å². The Morgan fingerprint density at radius 3 is 2.15 bits per heavy atom. The number of alkyl halides is 1. The number of aryl methyl sites for hydroxylation is 2. The molecular weight excluding hydrogens is 302 g/mol. The Bertz CT molecular complexity index is 403. The normalized spacial score (nSPS) is 16.9. The van der Waals surface area contributed by atoms with Gasteiger partial charge in [-0.05, 0) is 30.5 Å². The van der Waals surface area contributed by atoms with E-state index in [0.717, 1.165) is 42.9 Å². The number of nitrogens with one attached hydrogen (secondary N) is 1. The minimum atomic E-state index is -0.385. The van der Waals surface area contributed by atoms with E-state index in [0.29, 0.717) is 5.75 Å². The number of hydrogen-bond donors (Lipinski definition) is 2. The van der Waals surface area contributed by atoms with Gasteiger partial charge in [-0.1, -0.05) is 12.1 Å². The third-order valence-electron chi connectivity index (χ3n) is 3.64. The number of phenolic OH excluding ortho intramolecular Hbond substituents is 1. The van der Waals surface area contributed by atoms with Crippen LogP contribution in [0, 0.1) is 13.8 Å². The van der Waals surface area contributed by atoms with Crippen molar-refractivity contribution >= 4 is 24.8 Å². The molecule has 3 nitrogen and oxygen atoms in total. The van der Waals surface area contributed by atoms with Crippen LogP contribution in [-0.2, 0) is 0 Å². The van der Waals surface area contributed by atoms with E-state index in [1.54, 1.807) is 0 Å². The fourth-order valence-corrected chi connectivity index (χ4v) is 2.57. The number of benzene rings is 1. The van der Waals surface area contributed by atoms with Crippen molar-refractivity contribution in [1.82, 2.24) is 10.2 Å². The molecule has 0 spiro atoms. The molecule has 1 fully saturated rings. The average molecular weight is 325 g/mol. The van der Waals surface area contributed by atoms with E-state index in [9.17, 15) is 9.50 Å². The minimum Gasteiger partial charge on any atom is -0.507 e. The van der Waals surface area contributed by atoms with Gasteiger partial charge in [-0.25, -0.2) is 4.39 Å². The molecule has 0 saturated carbocycles. The van der Waals surface area contributed by atoms with Gasteiger partial charge in [0.25, 0.3) is 0 Å². The zero-order valence-electron chi connectivity index (χ0n) is 11.9. The molecule has 2 rings (SSSR count). The molecular formula is C14H23Cl2FN2O. The number of phenols is 1. The van der Waals surface area contributed by atoms with Crippen molar-refractivity contribution in [3.63, 3.8) is 0 Å². The number of halogens is 3. The fourth-order valence-electron chi connectivity index (χ4n) is 2.57. The van der Waals surface area contributed by atoms with Gasteiger partial charge >= 0.3 is 0 Å². The van der Waals surface area contributed by atoms with Gasteiger partial charge < -0.3 is 10.4 Å². The van der Waals surface area contributed by atoms with Crippen molar-refractivity contribution < 1.29 is 9.50 Å². The van der Waals surface area contributed by atoms with Crippen molar-refractivity contribution in [1.29, 1.82) is 0 Å². The van der Waals surface area contributed by atoms with Gasteiger partial charge in [0.1, 0.15) is 12.4 Å². The Balaban J connectivity index is 0.00000180. The standard InChI is InChI=1S/C14H21FN2O.2ClH/c1-10-7-12(8-11(2)14(10)18)13(9-15)17-5-3-16-4-6-17;;/h7-8,13,16,18H,3-6,9H2,1-2H3;2*1H/t13-;;/m0../s1. The predicted octanol–water partition coefficient (Wildman–Crippen LogP) is 2.77. The molecule has 1 heterocycles. The predicted molar refractivity (Wildman–Crippen MR) is 85.2 cm³/mol. The Kier molecular flexibility index (Phi) is 8.44. The van der Waals surface area contributed by atoms with Gasteiger partial charge in [0.15, 0.2) is 0 Å². The van der Waals surface area contributed by atoms with Crippen molar-refractivity contribution in [2.24, 2.45) is 0 Å². The van der Waals surface area contributed by atoms with Gasteiger partial charge in [-0.3, -0.25) is 4.90 Å². The lowest BCUT2D eigenvalue weighted by molar-refractivity contribution is 0.147. The highest BCUT2D eigenvalue weighted by Crippen LogP contribution is 2.29. The number of piperazine rings is 1. The third kappa shape index (κ3) is 4.22. The lowest BCUT2D eigenvalue weighted by Gasteiger charge is -2.34. The third-order valence-corrected chi connectivity index (χ3v) is 3.64. The van der Waals surface area contributed by atoms with E-state index in [-0.39, 0.29) is 37.5 Å². The summed E-state index contributed by atoms with van der Waals surface area (Å²) in [5.74, 6) is 0.316. The van der Waals surface area contributed by atoms with Crippen LogP contribution in [0.1, 0.15) is 22.7 Å². The van der Waals surface area contributed by atoms with Gasteiger partial charge in [-0.2, -0.15) is 0 Å². The quantitative estimate of drug-likeness (QED) is 0.897. The second-order valence-electron chi connectivity index (χ2n) is 4.96. The molecule has 0 aromatic heterocycles. The van der Waals surface area contributed by atoms with E-state index in [4.69, 9.17) is 0 Å². The molecule has 2 N–H and O–H groups in total. The molecule has 1 aliphatic heterocycles. The van der Waals surface area contributed by atoms with E-state index in [1.807, 2.05) is 26.0 Å². The number of rotatable bonds is 3. The highest BCUT2D eigenvalue weighted by Gasteiger charge is 2.23. The van der Waals surface area contributed by atoms with Gasteiger partial charge in [-0.15, -0.1) is 24.8 Å². The molecule has 116 valence electrons. The first-order chi connectivity index (χ1) is 8.63. The van der Waals surface area contributed by atoms with E-state index >= 15 is 0 Å². The molecule has 0 amide bonds. The van der Waals surface area contributed by atoms with Crippen LogP contribution in [0.15, 0.2) is 12.1 Å². The largest absolute Gasteiger partial charge is 0.507 e. The molecule has 20 heavy (non-hydrogen) atoms.